The third-order valence-corrected chi connectivity index (χ3v) is 8.49. The lowest BCUT2D eigenvalue weighted by Gasteiger charge is -2.45. The van der Waals surface area contributed by atoms with Crippen LogP contribution >= 0.6 is 0 Å². The molecule has 0 saturated carbocycles. The molecule has 0 radical (unpaired) electrons. The number of carbonyl (C=O) groups is 2. The summed E-state index contributed by atoms with van der Waals surface area (Å²) in [5.41, 5.74) is 14.2. The van der Waals surface area contributed by atoms with Crippen LogP contribution in [0.5, 0.6) is 0 Å². The Morgan fingerprint density at radius 1 is 1.03 bits per heavy atom. The smallest absolute Gasteiger partial charge is 0.252 e. The number of hydrogen-bond acceptors (Lipinski definition) is 5. The van der Waals surface area contributed by atoms with Crippen LogP contribution in [0.4, 0.5) is 0 Å². The van der Waals surface area contributed by atoms with E-state index in [9.17, 15) is 9.59 Å². The van der Waals surface area contributed by atoms with Crippen LogP contribution < -0.4 is 5.73 Å². The van der Waals surface area contributed by atoms with Crippen molar-refractivity contribution in [2.24, 2.45) is 17.6 Å². The molecule has 2 heterocycles. The summed E-state index contributed by atoms with van der Waals surface area (Å²) in [6.45, 7) is 8.11. The molecule has 196 valence electrons. The van der Waals surface area contributed by atoms with Gasteiger partial charge in [-0.25, -0.2) is 4.68 Å². The number of amides is 1. The van der Waals surface area contributed by atoms with Gasteiger partial charge in [-0.15, -0.1) is 0 Å². The van der Waals surface area contributed by atoms with Gasteiger partial charge in [-0.2, -0.15) is 15.3 Å². The molecule has 39 heavy (non-hydrogen) atoms. The summed E-state index contributed by atoms with van der Waals surface area (Å²) in [6, 6.07) is 18.5. The summed E-state index contributed by atoms with van der Waals surface area (Å²) in [5.74, 6) is -1.12. The third kappa shape index (κ3) is 4.00. The summed E-state index contributed by atoms with van der Waals surface area (Å²) in [4.78, 5) is 25.4. The Hall–Kier alpha value is -4.39. The average molecular weight is 518 g/mol. The van der Waals surface area contributed by atoms with E-state index < -0.39 is 11.3 Å². The number of aromatic nitrogens is 4. The highest BCUT2D eigenvalue weighted by Crippen LogP contribution is 2.52. The fraction of sp³-hybridized carbons (Fsp3) is 0.281. The molecule has 0 saturated heterocycles. The third-order valence-electron chi connectivity index (χ3n) is 8.49. The molecule has 0 unspecified atom stereocenters. The van der Waals surface area contributed by atoms with E-state index in [1.807, 2.05) is 54.9 Å². The van der Waals surface area contributed by atoms with Crippen molar-refractivity contribution < 1.29 is 9.59 Å². The molecular weight excluding hydrogens is 486 g/mol. The molecule has 0 spiro atoms. The van der Waals surface area contributed by atoms with Gasteiger partial charge in [-0.3, -0.25) is 9.59 Å². The molecule has 2 aliphatic carbocycles. The van der Waals surface area contributed by atoms with Gasteiger partial charge < -0.3 is 5.73 Å². The van der Waals surface area contributed by atoms with Gasteiger partial charge in [0.1, 0.15) is 0 Å². The van der Waals surface area contributed by atoms with Crippen LogP contribution in [-0.4, -0.2) is 31.7 Å². The van der Waals surface area contributed by atoms with E-state index in [-0.39, 0.29) is 23.2 Å². The number of benzene rings is 2. The number of ketones is 1. The van der Waals surface area contributed by atoms with Crippen molar-refractivity contribution in [3.05, 3.63) is 94.8 Å². The van der Waals surface area contributed by atoms with Crippen molar-refractivity contribution in [2.45, 2.75) is 46.0 Å². The average Bonchev–Trinajstić information content (AvgIpc) is 3.32. The molecule has 2 aromatic heterocycles. The number of rotatable bonds is 4. The van der Waals surface area contributed by atoms with Crippen LogP contribution in [0.3, 0.4) is 0 Å². The monoisotopic (exact) mass is 517 g/mol. The highest BCUT2D eigenvalue weighted by molar-refractivity contribution is 6.20. The number of primary amides is 1. The second-order valence-electron chi connectivity index (χ2n) is 11.1. The topological polar surface area (TPSA) is 104 Å². The maximum atomic E-state index is 13.1. The molecule has 2 aromatic carbocycles. The first-order valence-electron chi connectivity index (χ1n) is 13.3. The predicted octanol–water partition coefficient (Wildman–Crippen LogP) is 5.06. The zero-order chi connectivity index (χ0) is 27.5. The number of nitrogens with two attached hydrogens (primary N) is 1. The first-order chi connectivity index (χ1) is 18.7. The molecular formula is C32H31N5O2. The fourth-order valence-electron chi connectivity index (χ4n) is 6.46. The Morgan fingerprint density at radius 3 is 2.38 bits per heavy atom. The van der Waals surface area contributed by atoms with E-state index >= 15 is 0 Å². The number of aryl methyl sites for hydroxylation is 2. The van der Waals surface area contributed by atoms with Crippen molar-refractivity contribution in [2.75, 3.05) is 0 Å². The number of nitrogens with zero attached hydrogens (tertiary/aromatic N) is 4. The zero-order valence-corrected chi connectivity index (χ0v) is 22.6. The van der Waals surface area contributed by atoms with Crippen LogP contribution in [0.25, 0.3) is 28.2 Å². The highest BCUT2D eigenvalue weighted by atomic mass is 16.2. The SMILES string of the molecule is Cc1ccc(-c2nn(-c3ccc(-c4cc(C)cnn4)cc3)c3c2CC[C@@H]2[C@@H](C)C(=O)C(C(N)=O)=C[C@@]32C)cc1. The molecule has 0 fully saturated rings. The lowest BCUT2D eigenvalue weighted by atomic mass is 9.57. The number of Topliss-reactive ketones (excluding diaryl/α,β-unsaturated/α-hetero) is 1. The van der Waals surface area contributed by atoms with Gasteiger partial charge >= 0.3 is 0 Å². The number of hydrogen-bond donors (Lipinski definition) is 1. The maximum absolute atomic E-state index is 13.1. The number of carbonyl (C=O) groups excluding carboxylic acids is 2. The van der Waals surface area contributed by atoms with Crippen LogP contribution in [-0.2, 0) is 21.4 Å². The van der Waals surface area contributed by atoms with E-state index in [2.05, 4.69) is 48.3 Å². The molecule has 3 atom stereocenters. The maximum Gasteiger partial charge on any atom is 0.252 e. The van der Waals surface area contributed by atoms with Gasteiger partial charge in [0.25, 0.3) is 5.91 Å². The van der Waals surface area contributed by atoms with Crippen molar-refractivity contribution in [3.8, 4) is 28.2 Å². The van der Waals surface area contributed by atoms with Gasteiger partial charge in [-0.1, -0.05) is 61.9 Å². The Morgan fingerprint density at radius 2 is 1.72 bits per heavy atom. The minimum absolute atomic E-state index is 0.0313. The minimum Gasteiger partial charge on any atom is -0.365 e. The molecule has 6 rings (SSSR count). The largest absolute Gasteiger partial charge is 0.365 e. The van der Waals surface area contributed by atoms with Gasteiger partial charge in [0.05, 0.1) is 34.5 Å². The van der Waals surface area contributed by atoms with Crippen LogP contribution in [0.1, 0.15) is 42.7 Å². The Labute approximate surface area is 227 Å². The van der Waals surface area contributed by atoms with Gasteiger partial charge in [0.15, 0.2) is 5.78 Å². The highest BCUT2D eigenvalue weighted by Gasteiger charge is 2.51. The van der Waals surface area contributed by atoms with Crippen molar-refractivity contribution in [1.82, 2.24) is 20.0 Å². The van der Waals surface area contributed by atoms with E-state index in [0.717, 1.165) is 57.9 Å². The van der Waals surface area contributed by atoms with Crippen LogP contribution in [0, 0.1) is 25.7 Å². The summed E-state index contributed by atoms with van der Waals surface area (Å²) >= 11 is 0. The normalized spacial score (nSPS) is 22.2. The second-order valence-corrected chi connectivity index (χ2v) is 11.1. The van der Waals surface area contributed by atoms with Crippen molar-refractivity contribution >= 4 is 11.7 Å². The number of allylic oxidation sites excluding steroid dienone is 1. The standard InChI is InChI=1S/C32H31N5O2/c1-18-5-7-22(8-6-18)28-24-13-14-26-20(3)29(38)25(31(33)39)16-32(26,4)30(24)37(36-28)23-11-9-21(10-12-23)27-15-19(2)17-34-35-27/h5-12,15-17,20,26H,13-14H2,1-4H3,(H2,33,39)/t20-,26-,32-/m1/s1. The summed E-state index contributed by atoms with van der Waals surface area (Å²) in [5, 5.41) is 13.6. The summed E-state index contributed by atoms with van der Waals surface area (Å²) in [6.07, 6.45) is 5.18. The van der Waals surface area contributed by atoms with Crippen LogP contribution in [0.2, 0.25) is 0 Å². The van der Waals surface area contributed by atoms with Gasteiger partial charge in [0, 0.05) is 28.0 Å². The van der Waals surface area contributed by atoms with Gasteiger partial charge in [0.2, 0.25) is 0 Å². The minimum atomic E-state index is -0.674. The lowest BCUT2D eigenvalue weighted by Crippen LogP contribution is -2.48. The molecule has 4 aromatic rings. The van der Waals surface area contributed by atoms with E-state index in [0.29, 0.717) is 0 Å². The zero-order valence-electron chi connectivity index (χ0n) is 22.6. The quantitative estimate of drug-likeness (QED) is 0.381. The lowest BCUT2D eigenvalue weighted by molar-refractivity contribution is -0.125. The van der Waals surface area contributed by atoms with Gasteiger partial charge in [-0.05, 0) is 56.4 Å². The summed E-state index contributed by atoms with van der Waals surface area (Å²) in [7, 11) is 0. The fourth-order valence-corrected chi connectivity index (χ4v) is 6.46. The summed E-state index contributed by atoms with van der Waals surface area (Å²) < 4.78 is 2.00. The first-order valence-corrected chi connectivity index (χ1v) is 13.3. The Kier molecular flexibility index (Phi) is 5.83. The molecule has 0 aliphatic heterocycles. The first kappa shape index (κ1) is 24.9. The predicted molar refractivity (Wildman–Crippen MR) is 150 cm³/mol. The Balaban J connectivity index is 1.57. The van der Waals surface area contributed by atoms with Crippen molar-refractivity contribution in [3.63, 3.8) is 0 Å². The van der Waals surface area contributed by atoms with Crippen LogP contribution in [0.15, 0.2) is 72.4 Å². The number of fused-ring (bicyclic) bond motifs is 3. The molecule has 2 N–H and O–H groups in total. The van der Waals surface area contributed by atoms with E-state index in [1.54, 1.807) is 6.20 Å². The molecule has 7 heteroatoms. The Bertz CT molecular complexity index is 1650. The second kappa shape index (κ2) is 9.12. The molecule has 2 aliphatic rings. The molecule has 1 amide bonds. The van der Waals surface area contributed by atoms with E-state index in [1.165, 1.54) is 5.56 Å². The molecule has 0 bridgehead atoms. The molecule has 7 nitrogen and oxygen atoms in total. The van der Waals surface area contributed by atoms with Crippen molar-refractivity contribution in [1.29, 1.82) is 0 Å². The van der Waals surface area contributed by atoms with E-state index in [4.69, 9.17) is 10.8 Å².